The van der Waals surface area contributed by atoms with Crippen LogP contribution in [0.3, 0.4) is 0 Å². The number of fused-ring (bicyclic) bond motifs is 2. The van der Waals surface area contributed by atoms with E-state index in [0.717, 1.165) is 21.5 Å². The Hall–Kier alpha value is -4.68. The molecule has 5 aromatic rings. The van der Waals surface area contributed by atoms with Crippen LogP contribution in [-0.2, 0) is 4.79 Å². The Kier molecular flexibility index (Phi) is 7.33. The highest BCUT2D eigenvalue weighted by atomic mass is 35.5. The zero-order valence-electron chi connectivity index (χ0n) is 20.4. The predicted molar refractivity (Wildman–Crippen MR) is 150 cm³/mol. The van der Waals surface area contributed by atoms with Crippen LogP contribution in [0.25, 0.3) is 21.5 Å². The number of esters is 1. The summed E-state index contributed by atoms with van der Waals surface area (Å²) >= 11 is 5.93. The van der Waals surface area contributed by atoms with Crippen molar-refractivity contribution in [3.05, 3.63) is 119 Å². The minimum absolute atomic E-state index is 0.307. The predicted octanol–water partition coefficient (Wildman–Crippen LogP) is 6.78. The lowest BCUT2D eigenvalue weighted by molar-refractivity contribution is -0.127. The molecule has 0 saturated heterocycles. The van der Waals surface area contributed by atoms with Crippen molar-refractivity contribution in [2.75, 3.05) is 0 Å². The molecule has 0 bridgehead atoms. The standard InChI is InChI=1S/C31H23ClN2O4/c1-20(37-28-12-6-9-21-7-3-5-11-26(21)28)30(35)34-33-19-27-25-10-4-2-8-22(25)15-18-29(27)38-31(36)23-13-16-24(32)17-14-23/h2-20H,1H3,(H,34,35)/b33-19-/t20-/m1/s1. The van der Waals surface area contributed by atoms with Gasteiger partial charge >= 0.3 is 5.97 Å². The number of rotatable bonds is 7. The fraction of sp³-hybridized carbons (Fsp3) is 0.0645. The molecule has 1 atom stereocenters. The van der Waals surface area contributed by atoms with Gasteiger partial charge in [-0.1, -0.05) is 78.3 Å². The van der Waals surface area contributed by atoms with Crippen molar-refractivity contribution >= 4 is 51.2 Å². The number of amides is 1. The number of nitrogens with zero attached hydrogens (tertiary/aromatic N) is 1. The Morgan fingerprint density at radius 3 is 2.21 bits per heavy atom. The van der Waals surface area contributed by atoms with Gasteiger partial charge in [0.2, 0.25) is 0 Å². The Morgan fingerprint density at radius 2 is 1.45 bits per heavy atom. The first kappa shape index (κ1) is 25.0. The Labute approximate surface area is 224 Å². The molecule has 0 aliphatic heterocycles. The number of hydrogen-bond donors (Lipinski definition) is 1. The maximum absolute atomic E-state index is 12.8. The molecule has 38 heavy (non-hydrogen) atoms. The summed E-state index contributed by atoms with van der Waals surface area (Å²) in [6.07, 6.45) is 0.669. The Morgan fingerprint density at radius 1 is 0.789 bits per heavy atom. The lowest BCUT2D eigenvalue weighted by Crippen LogP contribution is -2.33. The molecule has 5 aromatic carbocycles. The second kappa shape index (κ2) is 11.2. The third-order valence-corrected chi connectivity index (χ3v) is 6.26. The summed E-state index contributed by atoms with van der Waals surface area (Å²) in [5.41, 5.74) is 3.44. The zero-order valence-corrected chi connectivity index (χ0v) is 21.2. The van der Waals surface area contributed by atoms with Gasteiger partial charge in [0.05, 0.1) is 11.8 Å². The number of carbonyl (C=O) groups is 2. The van der Waals surface area contributed by atoms with E-state index in [1.165, 1.54) is 6.21 Å². The monoisotopic (exact) mass is 522 g/mol. The third kappa shape index (κ3) is 5.51. The van der Waals surface area contributed by atoms with E-state index in [2.05, 4.69) is 10.5 Å². The summed E-state index contributed by atoms with van der Waals surface area (Å²) in [5.74, 6) is -0.0382. The second-order valence-electron chi connectivity index (χ2n) is 8.57. The number of carbonyl (C=O) groups excluding carboxylic acids is 2. The molecule has 1 N–H and O–H groups in total. The van der Waals surface area contributed by atoms with Gasteiger partial charge in [-0.2, -0.15) is 5.10 Å². The molecule has 0 unspecified atom stereocenters. The van der Waals surface area contributed by atoms with Gasteiger partial charge in [0.1, 0.15) is 11.5 Å². The van der Waals surface area contributed by atoms with Gasteiger partial charge in [0, 0.05) is 16.0 Å². The van der Waals surface area contributed by atoms with Gasteiger partial charge in [-0.25, -0.2) is 10.2 Å². The molecule has 0 radical (unpaired) electrons. The smallest absolute Gasteiger partial charge is 0.343 e. The van der Waals surface area contributed by atoms with E-state index >= 15 is 0 Å². The van der Waals surface area contributed by atoms with Crippen molar-refractivity contribution in [3.63, 3.8) is 0 Å². The molecule has 0 saturated carbocycles. The molecular weight excluding hydrogens is 500 g/mol. The van der Waals surface area contributed by atoms with Gasteiger partial charge in [-0.15, -0.1) is 0 Å². The Balaban J connectivity index is 1.35. The van der Waals surface area contributed by atoms with Crippen LogP contribution in [0.15, 0.2) is 108 Å². The molecule has 1 amide bonds. The van der Waals surface area contributed by atoms with Crippen LogP contribution in [0.5, 0.6) is 11.5 Å². The third-order valence-electron chi connectivity index (χ3n) is 6.00. The van der Waals surface area contributed by atoms with Gasteiger partial charge in [-0.05, 0) is 59.5 Å². The first-order valence-electron chi connectivity index (χ1n) is 12.0. The van der Waals surface area contributed by atoms with Crippen LogP contribution < -0.4 is 14.9 Å². The quantitative estimate of drug-likeness (QED) is 0.111. The fourth-order valence-corrected chi connectivity index (χ4v) is 4.16. The molecular formula is C31H23ClN2O4. The number of ether oxygens (including phenoxy) is 2. The van der Waals surface area contributed by atoms with Crippen LogP contribution in [-0.4, -0.2) is 24.2 Å². The minimum Gasteiger partial charge on any atom is -0.480 e. The minimum atomic E-state index is -0.798. The molecule has 0 aliphatic rings. The summed E-state index contributed by atoms with van der Waals surface area (Å²) in [6, 6.07) is 31.1. The van der Waals surface area contributed by atoms with Crippen molar-refractivity contribution in [2.24, 2.45) is 5.10 Å². The molecule has 5 rings (SSSR count). The SMILES string of the molecule is C[C@@H](Oc1cccc2ccccc12)C(=O)N/N=C\c1c(OC(=O)c2ccc(Cl)cc2)ccc2ccccc12. The highest BCUT2D eigenvalue weighted by Gasteiger charge is 2.17. The highest BCUT2D eigenvalue weighted by molar-refractivity contribution is 6.30. The van der Waals surface area contributed by atoms with Crippen LogP contribution >= 0.6 is 11.6 Å². The molecule has 0 aliphatic carbocycles. The molecule has 0 heterocycles. The number of hydrazone groups is 1. The van der Waals surface area contributed by atoms with Gasteiger partial charge < -0.3 is 9.47 Å². The fourth-order valence-electron chi connectivity index (χ4n) is 4.04. The number of halogens is 1. The first-order chi connectivity index (χ1) is 18.5. The van der Waals surface area contributed by atoms with E-state index in [4.69, 9.17) is 21.1 Å². The largest absolute Gasteiger partial charge is 0.480 e. The first-order valence-corrected chi connectivity index (χ1v) is 12.3. The maximum Gasteiger partial charge on any atom is 0.343 e. The summed E-state index contributed by atoms with van der Waals surface area (Å²) < 4.78 is 11.6. The summed E-state index contributed by atoms with van der Waals surface area (Å²) in [4.78, 5) is 25.5. The van der Waals surface area contributed by atoms with E-state index < -0.39 is 18.0 Å². The molecule has 0 spiro atoms. The van der Waals surface area contributed by atoms with Crippen molar-refractivity contribution in [1.29, 1.82) is 0 Å². The van der Waals surface area contributed by atoms with E-state index in [1.54, 1.807) is 37.3 Å². The van der Waals surface area contributed by atoms with Crippen LogP contribution in [0.4, 0.5) is 0 Å². The van der Waals surface area contributed by atoms with Gasteiger partial charge in [0.25, 0.3) is 5.91 Å². The molecule has 0 fully saturated rings. The molecule has 0 aromatic heterocycles. The normalized spacial score (nSPS) is 11.9. The number of nitrogens with one attached hydrogen (secondary N) is 1. The van der Waals surface area contributed by atoms with E-state index in [0.29, 0.717) is 27.6 Å². The van der Waals surface area contributed by atoms with E-state index in [9.17, 15) is 9.59 Å². The van der Waals surface area contributed by atoms with E-state index in [-0.39, 0.29) is 0 Å². The van der Waals surface area contributed by atoms with Gasteiger partial charge in [-0.3, -0.25) is 4.79 Å². The summed E-state index contributed by atoms with van der Waals surface area (Å²) in [6.45, 7) is 1.66. The number of benzene rings is 5. The lowest BCUT2D eigenvalue weighted by Gasteiger charge is -2.15. The highest BCUT2D eigenvalue weighted by Crippen LogP contribution is 2.28. The summed E-state index contributed by atoms with van der Waals surface area (Å²) in [7, 11) is 0. The van der Waals surface area contributed by atoms with Crippen molar-refractivity contribution in [1.82, 2.24) is 5.43 Å². The summed E-state index contributed by atoms with van der Waals surface area (Å²) in [5, 5.41) is 8.36. The van der Waals surface area contributed by atoms with Crippen molar-refractivity contribution in [3.8, 4) is 11.5 Å². The lowest BCUT2D eigenvalue weighted by atomic mass is 10.0. The molecule has 7 heteroatoms. The maximum atomic E-state index is 12.8. The van der Waals surface area contributed by atoms with Crippen molar-refractivity contribution in [2.45, 2.75) is 13.0 Å². The topological polar surface area (TPSA) is 77.0 Å². The van der Waals surface area contributed by atoms with E-state index in [1.807, 2.05) is 72.8 Å². The second-order valence-corrected chi connectivity index (χ2v) is 9.00. The Bertz CT molecular complexity index is 1660. The average Bonchev–Trinajstić information content (AvgIpc) is 2.94. The molecule has 188 valence electrons. The van der Waals surface area contributed by atoms with Gasteiger partial charge in [0.15, 0.2) is 6.10 Å². The van der Waals surface area contributed by atoms with Crippen LogP contribution in [0.2, 0.25) is 5.02 Å². The molecule has 6 nitrogen and oxygen atoms in total. The zero-order chi connectivity index (χ0) is 26.5. The van der Waals surface area contributed by atoms with Crippen LogP contribution in [0, 0.1) is 0 Å². The average molecular weight is 523 g/mol. The number of hydrogen-bond acceptors (Lipinski definition) is 5. The van der Waals surface area contributed by atoms with Crippen molar-refractivity contribution < 1.29 is 19.1 Å². The van der Waals surface area contributed by atoms with Crippen LogP contribution in [0.1, 0.15) is 22.8 Å².